The molecule has 6 heteroatoms. The highest BCUT2D eigenvalue weighted by atomic mass is 79.9. The number of hydrogen-bond donors (Lipinski definition) is 0. The molecule has 0 bridgehead atoms. The van der Waals surface area contributed by atoms with E-state index in [-0.39, 0.29) is 19.2 Å². The molecule has 4 nitrogen and oxygen atoms in total. The lowest BCUT2D eigenvalue weighted by Gasteiger charge is -2.07. The number of carbonyl (C=O) groups is 1. The second-order valence-corrected chi connectivity index (χ2v) is 5.21. The summed E-state index contributed by atoms with van der Waals surface area (Å²) in [6.45, 7) is -0.0254. The Hall–Kier alpha value is -2.08. The quantitative estimate of drug-likeness (QED) is 0.789. The molecule has 0 fully saturated rings. The van der Waals surface area contributed by atoms with Gasteiger partial charge in [-0.25, -0.2) is 4.39 Å². The average Bonchev–Trinajstić information content (AvgIpc) is 2.95. The molecule has 0 spiro atoms. The van der Waals surface area contributed by atoms with Gasteiger partial charge < -0.3 is 14.2 Å². The molecule has 108 valence electrons. The molecule has 0 atom stereocenters. The minimum atomic E-state index is -0.442. The zero-order valence-electron chi connectivity index (χ0n) is 10.8. The van der Waals surface area contributed by atoms with Crippen LogP contribution in [0.5, 0.6) is 17.2 Å². The van der Waals surface area contributed by atoms with E-state index in [0.29, 0.717) is 27.3 Å². The molecule has 0 N–H and O–H groups in total. The van der Waals surface area contributed by atoms with Crippen molar-refractivity contribution in [2.24, 2.45) is 0 Å². The minimum Gasteiger partial charge on any atom is -0.485 e. The first-order valence-electron chi connectivity index (χ1n) is 6.14. The molecule has 1 aliphatic rings. The molecule has 0 aromatic heterocycles. The summed E-state index contributed by atoms with van der Waals surface area (Å²) in [6, 6.07) is 9.25. The van der Waals surface area contributed by atoms with E-state index < -0.39 is 5.82 Å². The summed E-state index contributed by atoms with van der Waals surface area (Å²) in [4.78, 5) is 12.0. The number of rotatable bonds is 4. The Bertz CT molecular complexity index is 702. The van der Waals surface area contributed by atoms with Gasteiger partial charge in [0.25, 0.3) is 0 Å². The lowest BCUT2D eigenvalue weighted by Crippen LogP contribution is -2.11. The Kier molecular flexibility index (Phi) is 3.79. The first kappa shape index (κ1) is 13.9. The van der Waals surface area contributed by atoms with Gasteiger partial charge in [0, 0.05) is 11.6 Å². The van der Waals surface area contributed by atoms with E-state index in [1.54, 1.807) is 24.3 Å². The van der Waals surface area contributed by atoms with Gasteiger partial charge in [0.2, 0.25) is 6.79 Å². The summed E-state index contributed by atoms with van der Waals surface area (Å²) in [6.07, 6.45) is 0. The number of ketones is 1. The Morgan fingerprint density at radius 2 is 2.00 bits per heavy atom. The van der Waals surface area contributed by atoms with Crippen molar-refractivity contribution >= 4 is 21.7 Å². The van der Waals surface area contributed by atoms with E-state index in [0.717, 1.165) is 0 Å². The number of fused-ring (bicyclic) bond motifs is 1. The van der Waals surface area contributed by atoms with Gasteiger partial charge in [0.1, 0.15) is 11.6 Å². The fourth-order valence-electron chi connectivity index (χ4n) is 1.87. The first-order chi connectivity index (χ1) is 10.1. The number of carbonyl (C=O) groups excluding carboxylic acids is 1. The normalized spacial score (nSPS) is 12.3. The van der Waals surface area contributed by atoms with Crippen LogP contribution in [0.4, 0.5) is 4.39 Å². The molecule has 0 aliphatic carbocycles. The second-order valence-electron chi connectivity index (χ2n) is 4.36. The highest BCUT2D eigenvalue weighted by molar-refractivity contribution is 9.10. The summed E-state index contributed by atoms with van der Waals surface area (Å²) in [7, 11) is 0. The van der Waals surface area contributed by atoms with Gasteiger partial charge in [-0.15, -0.1) is 0 Å². The molecule has 0 saturated heterocycles. The molecule has 0 unspecified atom stereocenters. The van der Waals surface area contributed by atoms with Gasteiger partial charge >= 0.3 is 0 Å². The molecule has 2 aromatic rings. The van der Waals surface area contributed by atoms with Gasteiger partial charge in [0.05, 0.1) is 4.47 Å². The first-order valence-corrected chi connectivity index (χ1v) is 6.93. The third-order valence-electron chi connectivity index (χ3n) is 2.96. The zero-order valence-corrected chi connectivity index (χ0v) is 12.4. The molecule has 0 saturated carbocycles. The van der Waals surface area contributed by atoms with E-state index >= 15 is 0 Å². The SMILES string of the molecule is O=C(COc1ccc(Br)c(F)c1)c1ccc2c(c1)OCO2. The van der Waals surface area contributed by atoms with E-state index in [2.05, 4.69) is 15.9 Å². The predicted molar refractivity (Wildman–Crippen MR) is 76.5 cm³/mol. The van der Waals surface area contributed by atoms with E-state index in [1.807, 2.05) is 0 Å². The van der Waals surface area contributed by atoms with Gasteiger partial charge in [-0.05, 0) is 46.3 Å². The molecule has 1 heterocycles. The molecule has 0 radical (unpaired) electrons. The van der Waals surface area contributed by atoms with Crippen LogP contribution < -0.4 is 14.2 Å². The number of benzene rings is 2. The Balaban J connectivity index is 1.67. The standard InChI is InChI=1S/C15H10BrFO4/c16-11-3-2-10(6-12(11)17)19-7-13(18)9-1-4-14-15(5-9)21-8-20-14/h1-6H,7-8H2. The van der Waals surface area contributed by atoms with Crippen LogP contribution in [0.15, 0.2) is 40.9 Å². The van der Waals surface area contributed by atoms with Crippen molar-refractivity contribution < 1.29 is 23.4 Å². The number of Topliss-reactive ketones (excluding diaryl/α,β-unsaturated/α-hetero) is 1. The van der Waals surface area contributed by atoms with Crippen LogP contribution in [0.1, 0.15) is 10.4 Å². The lowest BCUT2D eigenvalue weighted by atomic mass is 10.1. The minimum absolute atomic E-state index is 0.154. The van der Waals surface area contributed by atoms with Crippen LogP contribution in [-0.2, 0) is 0 Å². The smallest absolute Gasteiger partial charge is 0.231 e. The summed E-state index contributed by atoms with van der Waals surface area (Å²) < 4.78 is 29.4. The Morgan fingerprint density at radius 1 is 1.19 bits per heavy atom. The summed E-state index contributed by atoms with van der Waals surface area (Å²) in [5, 5.41) is 0. The van der Waals surface area contributed by atoms with Crippen LogP contribution in [-0.4, -0.2) is 19.2 Å². The van der Waals surface area contributed by atoms with Crippen molar-refractivity contribution in [3.8, 4) is 17.2 Å². The summed E-state index contributed by atoms with van der Waals surface area (Å²) >= 11 is 3.05. The van der Waals surface area contributed by atoms with Gasteiger partial charge in [-0.2, -0.15) is 0 Å². The van der Waals surface area contributed by atoms with Crippen molar-refractivity contribution in [1.82, 2.24) is 0 Å². The average molecular weight is 353 g/mol. The molecule has 2 aromatic carbocycles. The van der Waals surface area contributed by atoms with Crippen LogP contribution >= 0.6 is 15.9 Å². The van der Waals surface area contributed by atoms with Crippen LogP contribution in [0, 0.1) is 5.82 Å². The van der Waals surface area contributed by atoms with Crippen LogP contribution in [0.2, 0.25) is 0 Å². The highest BCUT2D eigenvalue weighted by Crippen LogP contribution is 2.32. The Labute approximate surface area is 128 Å². The maximum atomic E-state index is 13.3. The van der Waals surface area contributed by atoms with Gasteiger partial charge in [-0.1, -0.05) is 0 Å². The number of halogens is 2. The molecule has 3 rings (SSSR count). The van der Waals surface area contributed by atoms with Crippen molar-refractivity contribution in [1.29, 1.82) is 0 Å². The van der Waals surface area contributed by atoms with Crippen LogP contribution in [0.3, 0.4) is 0 Å². The van der Waals surface area contributed by atoms with Crippen molar-refractivity contribution in [2.75, 3.05) is 13.4 Å². The fourth-order valence-corrected chi connectivity index (χ4v) is 2.12. The molecule has 1 aliphatic heterocycles. The van der Waals surface area contributed by atoms with Gasteiger partial charge in [-0.3, -0.25) is 4.79 Å². The van der Waals surface area contributed by atoms with Crippen molar-refractivity contribution in [2.45, 2.75) is 0 Å². The third-order valence-corrected chi connectivity index (χ3v) is 3.60. The van der Waals surface area contributed by atoms with Crippen LogP contribution in [0.25, 0.3) is 0 Å². The summed E-state index contributed by atoms with van der Waals surface area (Å²) in [5.74, 6) is 0.780. The van der Waals surface area contributed by atoms with E-state index in [4.69, 9.17) is 14.2 Å². The van der Waals surface area contributed by atoms with E-state index in [1.165, 1.54) is 12.1 Å². The molecular formula is C15H10BrFO4. The third kappa shape index (κ3) is 3.00. The maximum Gasteiger partial charge on any atom is 0.231 e. The Morgan fingerprint density at radius 3 is 2.81 bits per heavy atom. The van der Waals surface area contributed by atoms with E-state index in [9.17, 15) is 9.18 Å². The molecular weight excluding hydrogens is 343 g/mol. The molecule has 0 amide bonds. The molecule has 21 heavy (non-hydrogen) atoms. The number of hydrogen-bond acceptors (Lipinski definition) is 4. The van der Waals surface area contributed by atoms with Crippen molar-refractivity contribution in [3.05, 3.63) is 52.3 Å². The zero-order chi connectivity index (χ0) is 14.8. The topological polar surface area (TPSA) is 44.8 Å². The largest absolute Gasteiger partial charge is 0.485 e. The second kappa shape index (κ2) is 5.73. The van der Waals surface area contributed by atoms with Crippen molar-refractivity contribution in [3.63, 3.8) is 0 Å². The predicted octanol–water partition coefficient (Wildman–Crippen LogP) is 3.58. The highest BCUT2D eigenvalue weighted by Gasteiger charge is 2.16. The lowest BCUT2D eigenvalue weighted by molar-refractivity contribution is 0.0921. The number of ether oxygens (including phenoxy) is 3. The summed E-state index contributed by atoms with van der Waals surface area (Å²) in [5.41, 5.74) is 0.455. The maximum absolute atomic E-state index is 13.3. The monoisotopic (exact) mass is 352 g/mol. The fraction of sp³-hybridized carbons (Fsp3) is 0.133. The van der Waals surface area contributed by atoms with Gasteiger partial charge in [0.15, 0.2) is 23.9 Å².